The van der Waals surface area contributed by atoms with E-state index in [1.165, 1.54) is 30.5 Å². The monoisotopic (exact) mass is 528 g/mol. The molecule has 2 heterocycles. The van der Waals surface area contributed by atoms with E-state index in [0.717, 1.165) is 15.8 Å². The molecule has 1 aliphatic heterocycles. The second kappa shape index (κ2) is 9.61. The first kappa shape index (κ1) is 25.5. The highest BCUT2D eigenvalue weighted by molar-refractivity contribution is 7.22. The van der Waals surface area contributed by atoms with Gasteiger partial charge in [0.05, 0.1) is 36.1 Å². The van der Waals surface area contributed by atoms with Crippen LogP contribution < -0.4 is 14.4 Å². The molecule has 0 bridgehead atoms. The molecule has 1 unspecified atom stereocenters. The summed E-state index contributed by atoms with van der Waals surface area (Å²) in [5.74, 6) is -0.938. The number of carbonyl (C=O) groups excluding carboxylic acids is 2. The maximum absolute atomic E-state index is 13.5. The molecule has 5 rings (SSSR count). The lowest BCUT2D eigenvalue weighted by Crippen LogP contribution is -2.29. The van der Waals surface area contributed by atoms with Gasteiger partial charge in [-0.15, -0.1) is 0 Å². The Kier molecular flexibility index (Phi) is 6.44. The third-order valence-corrected chi connectivity index (χ3v) is 7.72. The number of fused-ring (bicyclic) bond motifs is 1. The SMILES string of the molecule is COc1ccc(/C(O)=C2\C(=O)C(=O)N(c3nc4ccccc4s3)C2c2ccc(C(C)(C)C)cc2)cc1OC. The van der Waals surface area contributed by atoms with E-state index in [0.29, 0.717) is 27.8 Å². The number of para-hydroxylation sites is 1. The molecule has 1 aliphatic rings. The van der Waals surface area contributed by atoms with Crippen LogP contribution in [0.3, 0.4) is 0 Å². The Hall–Kier alpha value is -4.17. The van der Waals surface area contributed by atoms with Crippen molar-refractivity contribution in [2.45, 2.75) is 32.2 Å². The molecule has 0 radical (unpaired) electrons. The average molecular weight is 529 g/mol. The third kappa shape index (κ3) is 4.31. The number of benzene rings is 3. The minimum Gasteiger partial charge on any atom is -0.507 e. The number of amides is 1. The molecular weight excluding hydrogens is 500 g/mol. The summed E-state index contributed by atoms with van der Waals surface area (Å²) in [5, 5.41) is 11.9. The van der Waals surface area contributed by atoms with Crippen LogP contribution in [0.15, 0.2) is 72.3 Å². The van der Waals surface area contributed by atoms with Gasteiger partial charge >= 0.3 is 5.91 Å². The van der Waals surface area contributed by atoms with Crippen LogP contribution in [-0.2, 0) is 15.0 Å². The average Bonchev–Trinajstić information content (AvgIpc) is 3.45. The van der Waals surface area contributed by atoms with Gasteiger partial charge in [0.2, 0.25) is 0 Å². The number of aliphatic hydroxyl groups excluding tert-OH is 1. The Morgan fingerprint density at radius 1 is 0.947 bits per heavy atom. The number of ether oxygens (including phenoxy) is 2. The third-order valence-electron chi connectivity index (χ3n) is 6.68. The first-order valence-corrected chi connectivity index (χ1v) is 12.9. The fraction of sp³-hybridized carbons (Fsp3) is 0.233. The second-order valence-corrected chi connectivity index (χ2v) is 11.1. The topological polar surface area (TPSA) is 89.0 Å². The molecule has 1 saturated heterocycles. The predicted molar refractivity (Wildman–Crippen MR) is 149 cm³/mol. The van der Waals surface area contributed by atoms with Crippen LogP contribution in [-0.4, -0.2) is 36.0 Å². The molecule has 3 aromatic carbocycles. The van der Waals surface area contributed by atoms with Crippen LogP contribution >= 0.6 is 11.3 Å². The quantitative estimate of drug-likeness (QED) is 0.187. The van der Waals surface area contributed by atoms with Crippen LogP contribution in [0.5, 0.6) is 11.5 Å². The summed E-state index contributed by atoms with van der Waals surface area (Å²) >= 11 is 1.33. The summed E-state index contributed by atoms with van der Waals surface area (Å²) < 4.78 is 11.6. The van der Waals surface area contributed by atoms with Crippen molar-refractivity contribution in [2.75, 3.05) is 19.1 Å². The molecule has 38 heavy (non-hydrogen) atoms. The molecule has 8 heteroatoms. The summed E-state index contributed by atoms with van der Waals surface area (Å²) in [6.07, 6.45) is 0. The van der Waals surface area contributed by atoms with Gasteiger partial charge in [-0.25, -0.2) is 4.98 Å². The highest BCUT2D eigenvalue weighted by Crippen LogP contribution is 2.45. The number of hydrogen-bond donors (Lipinski definition) is 1. The number of ketones is 1. The van der Waals surface area contributed by atoms with E-state index in [-0.39, 0.29) is 16.7 Å². The zero-order valence-electron chi connectivity index (χ0n) is 21.8. The number of Topliss-reactive ketones (excluding diaryl/α,β-unsaturated/α-hetero) is 1. The number of anilines is 1. The van der Waals surface area contributed by atoms with Gasteiger partial charge in [0.25, 0.3) is 5.78 Å². The van der Waals surface area contributed by atoms with Gasteiger partial charge in [-0.2, -0.15) is 0 Å². The summed E-state index contributed by atoms with van der Waals surface area (Å²) in [6.45, 7) is 6.35. The molecule has 1 fully saturated rings. The lowest BCUT2D eigenvalue weighted by molar-refractivity contribution is -0.132. The minimum absolute atomic E-state index is 0.00927. The van der Waals surface area contributed by atoms with E-state index in [1.54, 1.807) is 18.2 Å². The largest absolute Gasteiger partial charge is 0.507 e. The Labute approximate surface area is 225 Å². The molecule has 1 amide bonds. The first-order valence-electron chi connectivity index (χ1n) is 12.1. The van der Waals surface area contributed by atoms with Gasteiger partial charge in [-0.05, 0) is 46.9 Å². The van der Waals surface area contributed by atoms with Crippen LogP contribution in [0.2, 0.25) is 0 Å². The maximum Gasteiger partial charge on any atom is 0.301 e. The van der Waals surface area contributed by atoms with Crippen LogP contribution in [0, 0.1) is 0 Å². The summed E-state index contributed by atoms with van der Waals surface area (Å²) in [7, 11) is 3.01. The summed E-state index contributed by atoms with van der Waals surface area (Å²) in [4.78, 5) is 33.1. The lowest BCUT2D eigenvalue weighted by Gasteiger charge is -2.25. The zero-order valence-corrected chi connectivity index (χ0v) is 22.6. The van der Waals surface area contributed by atoms with Crippen molar-refractivity contribution in [3.63, 3.8) is 0 Å². The van der Waals surface area contributed by atoms with Crippen molar-refractivity contribution < 1.29 is 24.2 Å². The molecule has 0 spiro atoms. The fourth-order valence-electron chi connectivity index (χ4n) is 4.61. The Balaban J connectivity index is 1.71. The number of hydrogen-bond acceptors (Lipinski definition) is 7. The van der Waals surface area contributed by atoms with Crippen molar-refractivity contribution in [3.05, 3.63) is 89.0 Å². The zero-order chi connectivity index (χ0) is 27.2. The summed E-state index contributed by atoms with van der Waals surface area (Å²) in [5.41, 5.74) is 2.78. The van der Waals surface area contributed by atoms with E-state index in [1.807, 2.05) is 48.5 Å². The number of nitrogens with zero attached hydrogens (tertiary/aromatic N) is 2. The smallest absolute Gasteiger partial charge is 0.301 e. The standard InChI is InChI=1S/C30H28N2O5S/c1-30(2,3)19-13-10-17(11-14-19)25-24(26(33)18-12-15-21(36-4)22(16-18)37-5)27(34)28(35)32(25)29-31-20-8-6-7-9-23(20)38-29/h6-16,25,33H,1-5H3/b26-24+. The second-order valence-electron chi connectivity index (χ2n) is 10.1. The molecule has 4 aromatic rings. The number of rotatable bonds is 5. The number of methoxy groups -OCH3 is 2. The van der Waals surface area contributed by atoms with E-state index in [9.17, 15) is 14.7 Å². The highest BCUT2D eigenvalue weighted by Gasteiger charge is 2.48. The molecule has 0 saturated carbocycles. The molecule has 1 aromatic heterocycles. The van der Waals surface area contributed by atoms with Crippen molar-refractivity contribution in [2.24, 2.45) is 0 Å². The van der Waals surface area contributed by atoms with Crippen molar-refractivity contribution in [3.8, 4) is 11.5 Å². The van der Waals surface area contributed by atoms with Gasteiger partial charge in [-0.1, -0.05) is 68.5 Å². The number of carbonyl (C=O) groups is 2. The Bertz CT molecular complexity index is 1550. The first-order chi connectivity index (χ1) is 18.1. The van der Waals surface area contributed by atoms with Gasteiger partial charge in [-0.3, -0.25) is 14.5 Å². The van der Waals surface area contributed by atoms with E-state index in [2.05, 4.69) is 25.8 Å². The van der Waals surface area contributed by atoms with Gasteiger partial charge < -0.3 is 14.6 Å². The lowest BCUT2D eigenvalue weighted by atomic mass is 9.85. The highest BCUT2D eigenvalue weighted by atomic mass is 32.1. The molecule has 1 N–H and O–H groups in total. The van der Waals surface area contributed by atoms with E-state index >= 15 is 0 Å². The van der Waals surface area contributed by atoms with Gasteiger partial charge in [0.15, 0.2) is 16.6 Å². The number of aliphatic hydroxyl groups is 1. The minimum atomic E-state index is -0.863. The normalized spacial score (nSPS) is 17.3. The van der Waals surface area contributed by atoms with Crippen LogP contribution in [0.25, 0.3) is 16.0 Å². The van der Waals surface area contributed by atoms with Gasteiger partial charge in [0.1, 0.15) is 5.76 Å². The molecule has 1 atom stereocenters. The molecule has 0 aliphatic carbocycles. The summed E-state index contributed by atoms with van der Waals surface area (Å²) in [6, 6.07) is 19.3. The van der Waals surface area contributed by atoms with Crippen molar-refractivity contribution >= 4 is 44.1 Å². The Morgan fingerprint density at radius 3 is 2.26 bits per heavy atom. The fourth-order valence-corrected chi connectivity index (χ4v) is 5.60. The maximum atomic E-state index is 13.5. The van der Waals surface area contributed by atoms with Crippen molar-refractivity contribution in [1.82, 2.24) is 4.98 Å². The molecule has 7 nitrogen and oxygen atoms in total. The van der Waals surface area contributed by atoms with Gasteiger partial charge in [0, 0.05) is 5.56 Å². The Morgan fingerprint density at radius 2 is 1.63 bits per heavy atom. The molecule has 194 valence electrons. The predicted octanol–water partition coefficient (Wildman–Crippen LogP) is 6.24. The van der Waals surface area contributed by atoms with Crippen molar-refractivity contribution in [1.29, 1.82) is 0 Å². The van der Waals surface area contributed by atoms with Crippen LogP contribution in [0.4, 0.5) is 5.13 Å². The van der Waals surface area contributed by atoms with E-state index in [4.69, 9.17) is 9.47 Å². The van der Waals surface area contributed by atoms with Crippen LogP contribution in [0.1, 0.15) is 43.5 Å². The number of thiazole rings is 1. The number of aromatic nitrogens is 1. The van der Waals surface area contributed by atoms with E-state index < -0.39 is 17.7 Å². The molecular formula is C30H28N2O5S.